The molecule has 0 unspecified atom stereocenters. The number of nitriles is 1. The van der Waals surface area contributed by atoms with Crippen LogP contribution in [-0.4, -0.2) is 10.9 Å². The van der Waals surface area contributed by atoms with Gasteiger partial charge in [-0.05, 0) is 17.7 Å². The van der Waals surface area contributed by atoms with E-state index in [2.05, 4.69) is 10.3 Å². The Morgan fingerprint density at radius 1 is 1.42 bits per heavy atom. The standard InChI is InChI=1S/C13H11N3O2S/c14-6-5-12(17)16-9-10-1-3-11(4-2-10)18-13-15-7-8-19-13/h1-4,7-8H,5,9H2,(H,16,17). The van der Waals surface area contributed by atoms with Gasteiger partial charge in [-0.2, -0.15) is 5.26 Å². The maximum absolute atomic E-state index is 11.1. The van der Waals surface area contributed by atoms with E-state index in [1.54, 1.807) is 12.3 Å². The van der Waals surface area contributed by atoms with Crippen molar-refractivity contribution in [3.05, 3.63) is 41.4 Å². The molecule has 0 atom stereocenters. The topological polar surface area (TPSA) is 75.0 Å². The number of nitrogens with zero attached hydrogens (tertiary/aromatic N) is 2. The summed E-state index contributed by atoms with van der Waals surface area (Å²) >= 11 is 1.42. The summed E-state index contributed by atoms with van der Waals surface area (Å²) in [6.45, 7) is 0.401. The molecule has 0 fully saturated rings. The van der Waals surface area contributed by atoms with Crippen LogP contribution in [-0.2, 0) is 11.3 Å². The second-order valence-electron chi connectivity index (χ2n) is 3.66. The van der Waals surface area contributed by atoms with Crippen LogP contribution in [0.25, 0.3) is 0 Å². The van der Waals surface area contributed by atoms with Crippen LogP contribution in [0, 0.1) is 11.3 Å². The summed E-state index contributed by atoms with van der Waals surface area (Å²) in [6, 6.07) is 9.14. The molecular weight excluding hydrogens is 262 g/mol. The van der Waals surface area contributed by atoms with E-state index in [0.717, 1.165) is 5.56 Å². The summed E-state index contributed by atoms with van der Waals surface area (Å²) in [7, 11) is 0. The van der Waals surface area contributed by atoms with Gasteiger partial charge < -0.3 is 10.1 Å². The van der Waals surface area contributed by atoms with Crippen molar-refractivity contribution in [1.82, 2.24) is 10.3 Å². The average molecular weight is 273 g/mol. The molecule has 2 rings (SSSR count). The van der Waals surface area contributed by atoms with Crippen LogP contribution in [0.5, 0.6) is 10.9 Å². The fourth-order valence-corrected chi connectivity index (χ4v) is 1.88. The molecule has 1 N–H and O–H groups in total. The molecule has 6 heteroatoms. The highest BCUT2D eigenvalue weighted by Gasteiger charge is 2.02. The fraction of sp³-hybridized carbons (Fsp3) is 0.154. The quantitative estimate of drug-likeness (QED) is 0.908. The molecule has 1 aromatic carbocycles. The minimum atomic E-state index is -0.273. The zero-order valence-corrected chi connectivity index (χ0v) is 10.8. The number of thiazole rings is 1. The molecule has 1 aromatic heterocycles. The summed E-state index contributed by atoms with van der Waals surface area (Å²) in [5, 5.41) is 13.4. The third kappa shape index (κ3) is 4.08. The van der Waals surface area contributed by atoms with E-state index in [0.29, 0.717) is 17.5 Å². The summed E-state index contributed by atoms with van der Waals surface area (Å²) in [5.74, 6) is 0.424. The Morgan fingerprint density at radius 2 is 2.21 bits per heavy atom. The molecule has 96 valence electrons. The second kappa shape index (κ2) is 6.52. The predicted molar refractivity (Wildman–Crippen MR) is 70.7 cm³/mol. The van der Waals surface area contributed by atoms with Crippen molar-refractivity contribution in [1.29, 1.82) is 5.26 Å². The average Bonchev–Trinajstić information content (AvgIpc) is 2.91. The summed E-state index contributed by atoms with van der Waals surface area (Å²) in [6.07, 6.45) is 1.56. The van der Waals surface area contributed by atoms with Gasteiger partial charge in [-0.1, -0.05) is 23.5 Å². The highest BCUT2D eigenvalue weighted by molar-refractivity contribution is 7.11. The molecule has 0 aliphatic carbocycles. The van der Waals surface area contributed by atoms with E-state index in [9.17, 15) is 4.79 Å². The number of ether oxygens (including phenoxy) is 1. The van der Waals surface area contributed by atoms with Gasteiger partial charge in [-0.25, -0.2) is 4.98 Å². The Hall–Kier alpha value is -2.39. The van der Waals surface area contributed by atoms with Crippen LogP contribution >= 0.6 is 11.3 Å². The predicted octanol–water partition coefficient (Wildman–Crippen LogP) is 2.47. The lowest BCUT2D eigenvalue weighted by Crippen LogP contribution is -2.21. The molecule has 0 aliphatic rings. The van der Waals surface area contributed by atoms with Crippen LogP contribution in [0.2, 0.25) is 0 Å². The molecule has 0 radical (unpaired) electrons. The highest BCUT2D eigenvalue weighted by Crippen LogP contribution is 2.23. The largest absolute Gasteiger partial charge is 0.431 e. The molecule has 0 bridgehead atoms. The van der Waals surface area contributed by atoms with E-state index >= 15 is 0 Å². The van der Waals surface area contributed by atoms with Gasteiger partial charge in [0.05, 0.1) is 6.07 Å². The normalized spacial score (nSPS) is 9.63. The summed E-state index contributed by atoms with van der Waals surface area (Å²) in [5.41, 5.74) is 0.942. The Morgan fingerprint density at radius 3 is 2.84 bits per heavy atom. The van der Waals surface area contributed by atoms with E-state index in [1.807, 2.05) is 29.6 Å². The van der Waals surface area contributed by atoms with E-state index < -0.39 is 0 Å². The molecule has 0 saturated carbocycles. The van der Waals surface area contributed by atoms with Crippen molar-refractivity contribution in [2.24, 2.45) is 0 Å². The number of hydrogen-bond donors (Lipinski definition) is 1. The Balaban J connectivity index is 1.88. The number of aromatic nitrogens is 1. The molecule has 0 spiro atoms. The van der Waals surface area contributed by atoms with Gasteiger partial charge in [0.1, 0.15) is 12.2 Å². The van der Waals surface area contributed by atoms with Crippen molar-refractivity contribution < 1.29 is 9.53 Å². The molecule has 1 heterocycles. The van der Waals surface area contributed by atoms with Crippen LogP contribution < -0.4 is 10.1 Å². The zero-order chi connectivity index (χ0) is 13.5. The van der Waals surface area contributed by atoms with Gasteiger partial charge in [0, 0.05) is 18.1 Å². The maximum Gasteiger partial charge on any atom is 0.278 e. The number of nitrogens with one attached hydrogen (secondary N) is 1. The van der Waals surface area contributed by atoms with Crippen LogP contribution in [0.4, 0.5) is 0 Å². The van der Waals surface area contributed by atoms with Gasteiger partial charge in [0.15, 0.2) is 0 Å². The molecule has 0 saturated heterocycles. The third-order valence-electron chi connectivity index (χ3n) is 2.27. The van der Waals surface area contributed by atoms with Crippen molar-refractivity contribution in [2.75, 3.05) is 0 Å². The van der Waals surface area contributed by atoms with Crippen molar-refractivity contribution in [2.45, 2.75) is 13.0 Å². The minimum absolute atomic E-state index is 0.120. The molecular formula is C13H11N3O2S. The van der Waals surface area contributed by atoms with Crippen molar-refractivity contribution in [3.8, 4) is 17.0 Å². The lowest BCUT2D eigenvalue weighted by Gasteiger charge is -2.05. The van der Waals surface area contributed by atoms with Crippen LogP contribution in [0.15, 0.2) is 35.8 Å². The van der Waals surface area contributed by atoms with Gasteiger partial charge >= 0.3 is 0 Å². The molecule has 19 heavy (non-hydrogen) atoms. The molecule has 1 amide bonds. The lowest BCUT2D eigenvalue weighted by molar-refractivity contribution is -0.120. The minimum Gasteiger partial charge on any atom is -0.431 e. The Labute approximate surface area is 114 Å². The zero-order valence-electron chi connectivity index (χ0n) is 10.00. The Bertz CT molecular complexity index is 573. The summed E-state index contributed by atoms with van der Waals surface area (Å²) in [4.78, 5) is 15.2. The van der Waals surface area contributed by atoms with Gasteiger partial charge in [-0.15, -0.1) is 0 Å². The highest BCUT2D eigenvalue weighted by atomic mass is 32.1. The van der Waals surface area contributed by atoms with E-state index in [1.165, 1.54) is 11.3 Å². The molecule has 5 nitrogen and oxygen atoms in total. The van der Waals surface area contributed by atoms with E-state index in [4.69, 9.17) is 10.00 Å². The monoisotopic (exact) mass is 273 g/mol. The number of benzene rings is 1. The van der Waals surface area contributed by atoms with Gasteiger partial charge in [0.2, 0.25) is 5.91 Å². The second-order valence-corrected chi connectivity index (χ2v) is 4.51. The molecule has 2 aromatic rings. The number of amides is 1. The lowest BCUT2D eigenvalue weighted by atomic mass is 10.2. The number of rotatable bonds is 5. The smallest absolute Gasteiger partial charge is 0.278 e. The number of carbonyl (C=O) groups is 1. The maximum atomic E-state index is 11.1. The van der Waals surface area contributed by atoms with Gasteiger partial charge in [-0.3, -0.25) is 4.79 Å². The van der Waals surface area contributed by atoms with Crippen molar-refractivity contribution >= 4 is 17.2 Å². The van der Waals surface area contributed by atoms with Gasteiger partial charge in [0.25, 0.3) is 5.19 Å². The fourth-order valence-electron chi connectivity index (χ4n) is 1.37. The SMILES string of the molecule is N#CCC(=O)NCc1ccc(Oc2nccs2)cc1. The number of carbonyl (C=O) groups excluding carboxylic acids is 1. The van der Waals surface area contributed by atoms with Crippen LogP contribution in [0.3, 0.4) is 0 Å². The number of hydrogen-bond acceptors (Lipinski definition) is 5. The first kappa shape index (κ1) is 13.1. The van der Waals surface area contributed by atoms with E-state index in [-0.39, 0.29) is 12.3 Å². The Kier molecular flexibility index (Phi) is 4.48. The van der Waals surface area contributed by atoms with Crippen molar-refractivity contribution in [3.63, 3.8) is 0 Å². The first-order valence-electron chi connectivity index (χ1n) is 5.58. The van der Waals surface area contributed by atoms with Crippen LogP contribution in [0.1, 0.15) is 12.0 Å². The first-order chi connectivity index (χ1) is 9.28. The molecule has 0 aliphatic heterocycles. The third-order valence-corrected chi connectivity index (χ3v) is 2.92. The first-order valence-corrected chi connectivity index (χ1v) is 6.46. The summed E-state index contributed by atoms with van der Waals surface area (Å²) < 4.78 is 5.51.